The summed E-state index contributed by atoms with van der Waals surface area (Å²) in [4.78, 5) is 24.2. The summed E-state index contributed by atoms with van der Waals surface area (Å²) in [5.74, 6) is -0.124. The maximum absolute atomic E-state index is 11.1. The lowest BCUT2D eigenvalue weighted by molar-refractivity contribution is -0.138. The van der Waals surface area contributed by atoms with E-state index in [1.807, 2.05) is 0 Å². The Balaban J connectivity index is 2.52. The molecule has 0 spiro atoms. The SMILES string of the molecule is C=C(C)C(=O)OCCN(C)c1nc(Cl)nc(Cl)n1. The summed E-state index contributed by atoms with van der Waals surface area (Å²) in [5, 5.41) is 0.0200. The first-order valence-corrected chi connectivity index (χ1v) is 5.76. The van der Waals surface area contributed by atoms with Crippen LogP contribution >= 0.6 is 23.2 Å². The van der Waals surface area contributed by atoms with Gasteiger partial charge in [-0.3, -0.25) is 0 Å². The minimum Gasteiger partial charge on any atom is -0.460 e. The van der Waals surface area contributed by atoms with Gasteiger partial charge in [0, 0.05) is 12.6 Å². The smallest absolute Gasteiger partial charge is 0.333 e. The fourth-order valence-electron chi connectivity index (χ4n) is 0.985. The van der Waals surface area contributed by atoms with E-state index in [9.17, 15) is 4.79 Å². The highest BCUT2D eigenvalue weighted by Gasteiger charge is 2.09. The highest BCUT2D eigenvalue weighted by atomic mass is 35.5. The van der Waals surface area contributed by atoms with Crippen molar-refractivity contribution in [2.45, 2.75) is 6.92 Å². The summed E-state index contributed by atoms with van der Waals surface area (Å²) >= 11 is 11.3. The van der Waals surface area contributed by atoms with Gasteiger partial charge in [-0.25, -0.2) is 4.79 Å². The van der Waals surface area contributed by atoms with Gasteiger partial charge in [-0.05, 0) is 30.1 Å². The molecule has 0 aliphatic heterocycles. The number of nitrogens with zero attached hydrogens (tertiary/aromatic N) is 4. The molecule has 0 bridgehead atoms. The monoisotopic (exact) mass is 290 g/mol. The van der Waals surface area contributed by atoms with Crippen molar-refractivity contribution in [1.82, 2.24) is 15.0 Å². The van der Waals surface area contributed by atoms with Crippen molar-refractivity contribution in [1.29, 1.82) is 0 Å². The molecule has 0 aliphatic carbocycles. The van der Waals surface area contributed by atoms with Crippen molar-refractivity contribution < 1.29 is 9.53 Å². The number of carbonyl (C=O) groups excluding carboxylic acids is 1. The van der Waals surface area contributed by atoms with Crippen molar-refractivity contribution in [2.24, 2.45) is 0 Å². The minimum absolute atomic E-state index is 0.00998. The van der Waals surface area contributed by atoms with E-state index in [0.717, 1.165) is 0 Å². The molecule has 0 amide bonds. The Morgan fingerprint density at radius 2 is 1.89 bits per heavy atom. The summed E-state index contributed by atoms with van der Waals surface area (Å²) in [5.41, 5.74) is 0.351. The zero-order chi connectivity index (χ0) is 13.7. The molecule has 0 saturated carbocycles. The molecule has 0 radical (unpaired) electrons. The maximum atomic E-state index is 11.1. The van der Waals surface area contributed by atoms with Crippen LogP contribution in [0.2, 0.25) is 10.6 Å². The lowest BCUT2D eigenvalue weighted by Gasteiger charge is -2.16. The van der Waals surface area contributed by atoms with Crippen LogP contribution in [0.3, 0.4) is 0 Å². The number of likely N-dealkylation sites (N-methyl/N-ethyl adjacent to an activating group) is 1. The lowest BCUT2D eigenvalue weighted by atomic mass is 10.4. The third-order valence-electron chi connectivity index (χ3n) is 1.92. The van der Waals surface area contributed by atoms with Crippen molar-refractivity contribution in [2.75, 3.05) is 25.1 Å². The Labute approximate surface area is 115 Å². The van der Waals surface area contributed by atoms with Gasteiger partial charge in [0.15, 0.2) is 0 Å². The molecule has 6 nitrogen and oxygen atoms in total. The molecule has 0 saturated heterocycles. The summed E-state index contributed by atoms with van der Waals surface area (Å²) in [7, 11) is 1.72. The van der Waals surface area contributed by atoms with E-state index in [2.05, 4.69) is 21.5 Å². The first-order chi connectivity index (χ1) is 8.40. The van der Waals surface area contributed by atoms with Crippen LogP contribution < -0.4 is 4.90 Å². The van der Waals surface area contributed by atoms with Crippen LogP contribution in [0, 0.1) is 0 Å². The van der Waals surface area contributed by atoms with Crippen molar-refractivity contribution in [3.05, 3.63) is 22.7 Å². The van der Waals surface area contributed by atoms with Crippen LogP contribution in [0.1, 0.15) is 6.92 Å². The molecule has 8 heteroatoms. The number of esters is 1. The normalized spacial score (nSPS) is 10.0. The van der Waals surface area contributed by atoms with Gasteiger partial charge in [0.05, 0.1) is 6.54 Å². The Morgan fingerprint density at radius 3 is 2.39 bits per heavy atom. The van der Waals surface area contributed by atoms with Crippen LogP contribution in [-0.2, 0) is 9.53 Å². The van der Waals surface area contributed by atoms with Gasteiger partial charge in [0.25, 0.3) is 0 Å². The minimum atomic E-state index is -0.435. The fourth-order valence-corrected chi connectivity index (χ4v) is 1.34. The molecule has 0 fully saturated rings. The molecular weight excluding hydrogens is 279 g/mol. The maximum Gasteiger partial charge on any atom is 0.333 e. The number of aromatic nitrogens is 3. The standard InChI is InChI=1S/C10H12Cl2N4O2/c1-6(2)7(17)18-5-4-16(3)10-14-8(11)13-9(12)15-10/h1,4-5H2,2-3H3. The lowest BCUT2D eigenvalue weighted by Crippen LogP contribution is -2.26. The first kappa shape index (κ1) is 14.7. The summed E-state index contributed by atoms with van der Waals surface area (Å²) in [6.45, 7) is 5.64. The van der Waals surface area contributed by atoms with Crippen molar-refractivity contribution in [3.8, 4) is 0 Å². The van der Waals surface area contributed by atoms with E-state index in [1.165, 1.54) is 0 Å². The van der Waals surface area contributed by atoms with Gasteiger partial charge in [0.1, 0.15) is 6.61 Å². The number of rotatable bonds is 5. The summed E-state index contributed by atoms with van der Waals surface area (Å²) in [6, 6.07) is 0. The molecule has 1 aromatic heterocycles. The molecule has 0 atom stereocenters. The van der Waals surface area contributed by atoms with Crippen LogP contribution in [0.5, 0.6) is 0 Å². The number of hydrogen-bond acceptors (Lipinski definition) is 6. The quantitative estimate of drug-likeness (QED) is 0.608. The van der Waals surface area contributed by atoms with Gasteiger partial charge in [-0.15, -0.1) is 0 Å². The number of ether oxygens (including phenoxy) is 1. The molecule has 18 heavy (non-hydrogen) atoms. The fraction of sp³-hybridized carbons (Fsp3) is 0.400. The van der Waals surface area contributed by atoms with E-state index in [-0.39, 0.29) is 17.2 Å². The molecule has 1 rings (SSSR count). The van der Waals surface area contributed by atoms with Crippen molar-refractivity contribution in [3.63, 3.8) is 0 Å². The zero-order valence-electron chi connectivity index (χ0n) is 9.98. The molecule has 0 N–H and O–H groups in total. The summed E-state index contributed by atoms with van der Waals surface area (Å²) in [6.07, 6.45) is 0. The molecule has 0 aromatic carbocycles. The van der Waals surface area contributed by atoms with Gasteiger partial charge < -0.3 is 9.64 Å². The average Bonchev–Trinajstić information content (AvgIpc) is 2.27. The molecular formula is C10H12Cl2N4O2. The second-order valence-corrected chi connectivity index (χ2v) is 4.19. The first-order valence-electron chi connectivity index (χ1n) is 5.01. The second-order valence-electron chi connectivity index (χ2n) is 3.51. The van der Waals surface area contributed by atoms with Gasteiger partial charge in [-0.1, -0.05) is 6.58 Å². The van der Waals surface area contributed by atoms with Gasteiger partial charge >= 0.3 is 5.97 Å². The third-order valence-corrected chi connectivity index (χ3v) is 2.26. The van der Waals surface area contributed by atoms with Crippen molar-refractivity contribution >= 4 is 35.1 Å². The molecule has 98 valence electrons. The Hall–Kier alpha value is -1.40. The molecule has 0 unspecified atom stereocenters. The third kappa shape index (κ3) is 4.46. The van der Waals surface area contributed by atoms with E-state index in [4.69, 9.17) is 27.9 Å². The highest BCUT2D eigenvalue weighted by Crippen LogP contribution is 2.12. The Bertz CT molecular complexity index is 447. The molecule has 0 aliphatic rings. The predicted molar refractivity (Wildman–Crippen MR) is 68.9 cm³/mol. The molecule has 1 heterocycles. The Kier molecular flexibility index (Phi) is 5.30. The van der Waals surface area contributed by atoms with Crippen LogP contribution in [-0.4, -0.2) is 41.1 Å². The van der Waals surface area contributed by atoms with E-state index in [1.54, 1.807) is 18.9 Å². The number of carbonyl (C=O) groups is 1. The molecule has 1 aromatic rings. The largest absolute Gasteiger partial charge is 0.460 e. The van der Waals surface area contributed by atoms with E-state index >= 15 is 0 Å². The van der Waals surface area contributed by atoms with E-state index in [0.29, 0.717) is 18.1 Å². The summed E-state index contributed by atoms with van der Waals surface area (Å²) < 4.78 is 4.94. The van der Waals surface area contributed by atoms with Crippen LogP contribution in [0.25, 0.3) is 0 Å². The number of halogens is 2. The van der Waals surface area contributed by atoms with E-state index < -0.39 is 5.97 Å². The van der Waals surface area contributed by atoms with Crippen LogP contribution in [0.15, 0.2) is 12.2 Å². The van der Waals surface area contributed by atoms with Gasteiger partial charge in [0.2, 0.25) is 16.5 Å². The Morgan fingerprint density at radius 1 is 1.33 bits per heavy atom. The zero-order valence-corrected chi connectivity index (χ0v) is 11.5. The predicted octanol–water partition coefficient (Wildman–Crippen LogP) is 1.73. The highest BCUT2D eigenvalue weighted by molar-refractivity contribution is 6.31. The number of hydrogen-bond donors (Lipinski definition) is 0. The second kappa shape index (κ2) is 6.51. The average molecular weight is 291 g/mol. The van der Waals surface area contributed by atoms with Gasteiger partial charge in [-0.2, -0.15) is 15.0 Å². The topological polar surface area (TPSA) is 68.2 Å². The van der Waals surface area contributed by atoms with Crippen LogP contribution in [0.4, 0.5) is 5.95 Å². The number of anilines is 1.